The van der Waals surface area contributed by atoms with Crippen molar-refractivity contribution in [3.63, 3.8) is 0 Å². The van der Waals surface area contributed by atoms with Gasteiger partial charge in [-0.25, -0.2) is 13.1 Å². The molecular formula is C14H18N4O2S. The molecule has 7 heteroatoms. The predicted molar refractivity (Wildman–Crippen MR) is 83.1 cm³/mol. The Hall–Kier alpha value is -1.86. The minimum absolute atomic E-state index is 0.318. The number of nitrogens with one attached hydrogen (secondary N) is 2. The van der Waals surface area contributed by atoms with Crippen LogP contribution in [0.4, 0.5) is 0 Å². The van der Waals surface area contributed by atoms with E-state index in [9.17, 15) is 8.42 Å². The summed E-state index contributed by atoms with van der Waals surface area (Å²) in [6.45, 7) is 4.32. The second-order valence-electron chi connectivity index (χ2n) is 4.89. The molecule has 112 valence electrons. The van der Waals surface area contributed by atoms with E-state index in [-0.39, 0.29) is 0 Å². The number of rotatable bonds is 5. The average molecular weight is 306 g/mol. The van der Waals surface area contributed by atoms with Crippen LogP contribution in [0.15, 0.2) is 40.4 Å². The van der Waals surface area contributed by atoms with Crippen LogP contribution in [0.25, 0.3) is 10.9 Å². The minimum Gasteiger partial charge on any atom is -0.370 e. The number of aliphatic imine (C=N–C) groups is 1. The standard InChI is InChI=1S/C14H18N4O2S/c1-2-17-21(19,20)13-9-18(10-14-15-7-8-16-14)12-6-4-3-5-11(12)13/h3-6,9,17H,2,7-8,10H2,1H3,(H,15,16). The normalized spacial score (nSPS) is 15.2. The molecule has 0 saturated carbocycles. The van der Waals surface area contributed by atoms with Gasteiger partial charge in [0, 0.05) is 30.2 Å². The van der Waals surface area contributed by atoms with Crippen molar-refractivity contribution in [2.75, 3.05) is 19.6 Å². The smallest absolute Gasteiger partial charge is 0.242 e. The molecule has 0 bridgehead atoms. The number of hydrogen-bond acceptors (Lipinski definition) is 4. The van der Waals surface area contributed by atoms with Crippen LogP contribution >= 0.6 is 0 Å². The van der Waals surface area contributed by atoms with Crippen LogP contribution in [0.3, 0.4) is 0 Å². The zero-order chi connectivity index (χ0) is 14.9. The third-order valence-electron chi connectivity index (χ3n) is 3.44. The molecule has 0 spiro atoms. The van der Waals surface area contributed by atoms with E-state index in [2.05, 4.69) is 15.0 Å². The molecule has 1 aromatic carbocycles. The molecule has 0 fully saturated rings. The highest BCUT2D eigenvalue weighted by molar-refractivity contribution is 7.89. The van der Waals surface area contributed by atoms with E-state index in [1.807, 2.05) is 28.8 Å². The van der Waals surface area contributed by atoms with Gasteiger partial charge in [0.1, 0.15) is 10.7 Å². The fourth-order valence-electron chi connectivity index (χ4n) is 2.54. The molecule has 2 heterocycles. The molecule has 0 saturated heterocycles. The lowest BCUT2D eigenvalue weighted by molar-refractivity contribution is 0.584. The third-order valence-corrected chi connectivity index (χ3v) is 5.01. The van der Waals surface area contributed by atoms with Crippen molar-refractivity contribution in [2.45, 2.75) is 18.4 Å². The molecule has 0 atom stereocenters. The number of benzene rings is 1. The monoisotopic (exact) mass is 306 g/mol. The van der Waals surface area contributed by atoms with Gasteiger partial charge >= 0.3 is 0 Å². The van der Waals surface area contributed by atoms with E-state index in [0.29, 0.717) is 18.0 Å². The van der Waals surface area contributed by atoms with Crippen molar-refractivity contribution in [1.82, 2.24) is 14.6 Å². The zero-order valence-electron chi connectivity index (χ0n) is 11.8. The Morgan fingerprint density at radius 3 is 2.90 bits per heavy atom. The lowest BCUT2D eigenvalue weighted by Gasteiger charge is -2.05. The fraction of sp³-hybridized carbons (Fsp3) is 0.357. The van der Waals surface area contributed by atoms with E-state index < -0.39 is 10.0 Å². The molecule has 3 rings (SSSR count). The molecule has 0 aliphatic carbocycles. The number of aromatic nitrogens is 1. The van der Waals surface area contributed by atoms with Crippen LogP contribution in [0.5, 0.6) is 0 Å². The van der Waals surface area contributed by atoms with Crippen LogP contribution in [0.2, 0.25) is 0 Å². The molecular weight excluding hydrogens is 288 g/mol. The Bertz CT molecular complexity index is 792. The SMILES string of the molecule is CCNS(=O)(=O)c1cn(CC2=NCCN2)c2ccccc12. The van der Waals surface area contributed by atoms with Crippen LogP contribution in [-0.4, -0.2) is 38.5 Å². The topological polar surface area (TPSA) is 75.5 Å². The summed E-state index contributed by atoms with van der Waals surface area (Å²) < 4.78 is 29.1. The molecule has 2 aromatic rings. The predicted octanol–water partition coefficient (Wildman–Crippen LogP) is 0.941. The van der Waals surface area contributed by atoms with Gasteiger partial charge in [-0.05, 0) is 6.07 Å². The van der Waals surface area contributed by atoms with Gasteiger partial charge in [-0.15, -0.1) is 0 Å². The first kappa shape index (κ1) is 14.1. The van der Waals surface area contributed by atoms with Crippen molar-refractivity contribution in [3.05, 3.63) is 30.5 Å². The Balaban J connectivity index is 2.09. The summed E-state index contributed by atoms with van der Waals surface area (Å²) in [5, 5.41) is 3.94. The van der Waals surface area contributed by atoms with Crippen molar-refractivity contribution >= 4 is 26.8 Å². The molecule has 0 amide bonds. The van der Waals surface area contributed by atoms with E-state index in [1.165, 1.54) is 0 Å². The van der Waals surface area contributed by atoms with Gasteiger partial charge in [0.15, 0.2) is 0 Å². The molecule has 1 aromatic heterocycles. The first-order valence-corrected chi connectivity index (χ1v) is 8.45. The second-order valence-corrected chi connectivity index (χ2v) is 6.63. The number of amidine groups is 1. The minimum atomic E-state index is -3.48. The number of sulfonamides is 1. The van der Waals surface area contributed by atoms with Crippen LogP contribution in [0.1, 0.15) is 6.92 Å². The van der Waals surface area contributed by atoms with E-state index in [0.717, 1.165) is 29.8 Å². The number of para-hydroxylation sites is 1. The van der Waals surface area contributed by atoms with Gasteiger partial charge < -0.3 is 9.88 Å². The second kappa shape index (κ2) is 5.50. The molecule has 6 nitrogen and oxygen atoms in total. The Labute approximate surface area is 123 Å². The summed E-state index contributed by atoms with van der Waals surface area (Å²) in [5.41, 5.74) is 0.894. The van der Waals surface area contributed by atoms with E-state index >= 15 is 0 Å². The highest BCUT2D eigenvalue weighted by Crippen LogP contribution is 2.25. The molecule has 21 heavy (non-hydrogen) atoms. The van der Waals surface area contributed by atoms with Crippen molar-refractivity contribution < 1.29 is 8.42 Å². The molecule has 0 unspecified atom stereocenters. The average Bonchev–Trinajstić information content (AvgIpc) is 3.08. The van der Waals surface area contributed by atoms with Gasteiger partial charge in [-0.1, -0.05) is 25.1 Å². The lowest BCUT2D eigenvalue weighted by Crippen LogP contribution is -2.24. The molecule has 0 radical (unpaired) electrons. The molecule has 1 aliphatic heterocycles. The summed E-state index contributed by atoms with van der Waals surface area (Å²) in [6.07, 6.45) is 1.69. The quantitative estimate of drug-likeness (QED) is 0.863. The fourth-order valence-corrected chi connectivity index (χ4v) is 3.80. The van der Waals surface area contributed by atoms with Crippen molar-refractivity contribution in [1.29, 1.82) is 0 Å². The lowest BCUT2D eigenvalue weighted by atomic mass is 10.2. The molecule has 2 N–H and O–H groups in total. The van der Waals surface area contributed by atoms with Gasteiger partial charge in [0.25, 0.3) is 0 Å². The highest BCUT2D eigenvalue weighted by Gasteiger charge is 2.20. The first-order chi connectivity index (χ1) is 10.1. The van der Waals surface area contributed by atoms with Crippen LogP contribution in [-0.2, 0) is 16.6 Å². The summed E-state index contributed by atoms with van der Waals surface area (Å²) in [6, 6.07) is 7.52. The van der Waals surface area contributed by atoms with Gasteiger partial charge in [0.05, 0.1) is 13.1 Å². The summed E-state index contributed by atoms with van der Waals surface area (Å²) >= 11 is 0. The van der Waals surface area contributed by atoms with Crippen molar-refractivity contribution in [2.24, 2.45) is 4.99 Å². The molecule has 1 aliphatic rings. The largest absolute Gasteiger partial charge is 0.370 e. The maximum atomic E-state index is 12.3. The number of nitrogens with zero attached hydrogens (tertiary/aromatic N) is 2. The van der Waals surface area contributed by atoms with Gasteiger partial charge in [-0.3, -0.25) is 4.99 Å². The summed E-state index contributed by atoms with van der Waals surface area (Å²) in [4.78, 5) is 4.68. The maximum absolute atomic E-state index is 12.3. The van der Waals surface area contributed by atoms with Crippen LogP contribution < -0.4 is 10.0 Å². The van der Waals surface area contributed by atoms with E-state index in [4.69, 9.17) is 0 Å². The van der Waals surface area contributed by atoms with Gasteiger partial charge in [0.2, 0.25) is 10.0 Å². The summed E-state index contributed by atoms with van der Waals surface area (Å²) in [7, 11) is -3.48. The van der Waals surface area contributed by atoms with Crippen LogP contribution in [0, 0.1) is 0 Å². The maximum Gasteiger partial charge on any atom is 0.242 e. The summed E-state index contributed by atoms with van der Waals surface area (Å²) in [5.74, 6) is 0.892. The Morgan fingerprint density at radius 1 is 1.38 bits per heavy atom. The first-order valence-electron chi connectivity index (χ1n) is 6.96. The van der Waals surface area contributed by atoms with Gasteiger partial charge in [-0.2, -0.15) is 0 Å². The number of fused-ring (bicyclic) bond motifs is 1. The highest BCUT2D eigenvalue weighted by atomic mass is 32.2. The zero-order valence-corrected chi connectivity index (χ0v) is 12.7. The third kappa shape index (κ3) is 2.66. The Kier molecular flexibility index (Phi) is 3.69. The number of hydrogen-bond donors (Lipinski definition) is 2. The van der Waals surface area contributed by atoms with Crippen molar-refractivity contribution in [3.8, 4) is 0 Å². The Morgan fingerprint density at radius 2 is 2.19 bits per heavy atom. The van der Waals surface area contributed by atoms with E-state index in [1.54, 1.807) is 13.1 Å².